The van der Waals surface area contributed by atoms with Gasteiger partial charge in [-0.05, 0) is 37.9 Å². The minimum Gasteiger partial charge on any atom is -0.476 e. The quantitative estimate of drug-likeness (QED) is 0.906. The molecule has 0 saturated carbocycles. The Kier molecular flexibility index (Phi) is 5.80. The molecule has 2 rings (SSSR count). The van der Waals surface area contributed by atoms with Crippen molar-refractivity contribution < 1.29 is 4.74 Å². The highest BCUT2D eigenvalue weighted by Gasteiger charge is 2.13. The molecule has 1 N–H and O–H groups in total. The first-order valence-corrected chi connectivity index (χ1v) is 5.55. The molecule has 1 fully saturated rings. The fraction of sp³-hybridized carbons (Fsp3) is 0.600. The summed E-state index contributed by atoms with van der Waals surface area (Å²) in [4.78, 5) is 0. The smallest absolute Gasteiger partial charge is 0.233 e. The molecular weight excluding hydrogens is 249 g/mol. The van der Waals surface area contributed by atoms with E-state index in [1.807, 2.05) is 0 Å². The van der Waals surface area contributed by atoms with Gasteiger partial charge in [-0.2, -0.15) is 0 Å². The Labute approximate surface area is 106 Å². The van der Waals surface area contributed by atoms with E-state index >= 15 is 0 Å². The molecule has 1 saturated heterocycles. The van der Waals surface area contributed by atoms with Crippen molar-refractivity contribution in [1.29, 1.82) is 0 Å². The van der Waals surface area contributed by atoms with Gasteiger partial charge in [0.05, 0.1) is 6.61 Å². The number of ether oxygens (including phenoxy) is 1. The lowest BCUT2D eigenvalue weighted by Crippen LogP contribution is -2.30. The largest absolute Gasteiger partial charge is 0.476 e. The van der Waals surface area contributed by atoms with Gasteiger partial charge in [0, 0.05) is 6.07 Å². The predicted octanol–water partition coefficient (Wildman–Crippen LogP) is 1.93. The van der Waals surface area contributed by atoms with Gasteiger partial charge in [-0.25, -0.2) is 0 Å². The summed E-state index contributed by atoms with van der Waals surface area (Å²) in [6.45, 7) is 2.89. The minimum absolute atomic E-state index is 0. The fourth-order valence-corrected chi connectivity index (χ4v) is 1.73. The maximum Gasteiger partial charge on any atom is 0.233 e. The summed E-state index contributed by atoms with van der Waals surface area (Å²) in [6.07, 6.45) is 2.34. The summed E-state index contributed by atoms with van der Waals surface area (Å²) in [5, 5.41) is 11.3. The Morgan fingerprint density at radius 3 is 2.69 bits per heavy atom. The van der Waals surface area contributed by atoms with Crippen molar-refractivity contribution in [2.45, 2.75) is 12.8 Å². The van der Waals surface area contributed by atoms with E-state index in [1.165, 1.54) is 12.8 Å². The average Bonchev–Trinajstić information content (AvgIpc) is 2.30. The van der Waals surface area contributed by atoms with Crippen LogP contribution in [0, 0.1) is 5.92 Å². The third kappa shape index (κ3) is 4.12. The first kappa shape index (κ1) is 13.5. The third-order valence-corrected chi connectivity index (χ3v) is 2.73. The summed E-state index contributed by atoms with van der Waals surface area (Å²) in [6, 6.07) is 3.43. The topological polar surface area (TPSA) is 47.0 Å². The molecule has 1 aromatic heterocycles. The molecule has 0 spiro atoms. The van der Waals surface area contributed by atoms with E-state index in [0.29, 0.717) is 17.0 Å². The second-order valence-electron chi connectivity index (χ2n) is 3.70. The molecule has 16 heavy (non-hydrogen) atoms. The Hall–Kier alpha value is -0.580. The first-order valence-electron chi connectivity index (χ1n) is 5.17. The van der Waals surface area contributed by atoms with Crippen molar-refractivity contribution in [2.75, 3.05) is 19.7 Å². The van der Waals surface area contributed by atoms with E-state index in [-0.39, 0.29) is 12.4 Å². The van der Waals surface area contributed by atoms with Gasteiger partial charge in [-0.15, -0.1) is 22.6 Å². The molecule has 1 aliphatic heterocycles. The van der Waals surface area contributed by atoms with Gasteiger partial charge in [0.15, 0.2) is 5.15 Å². The van der Waals surface area contributed by atoms with E-state index in [9.17, 15) is 0 Å². The molecule has 2 heterocycles. The van der Waals surface area contributed by atoms with Gasteiger partial charge in [0.25, 0.3) is 0 Å². The zero-order chi connectivity index (χ0) is 10.5. The van der Waals surface area contributed by atoms with Crippen LogP contribution in [0.1, 0.15) is 12.8 Å². The molecule has 0 aromatic carbocycles. The van der Waals surface area contributed by atoms with Crippen molar-refractivity contribution in [1.82, 2.24) is 15.5 Å². The van der Waals surface area contributed by atoms with E-state index in [0.717, 1.165) is 19.7 Å². The lowest BCUT2D eigenvalue weighted by Gasteiger charge is -2.22. The highest BCUT2D eigenvalue weighted by molar-refractivity contribution is 6.29. The summed E-state index contributed by atoms with van der Waals surface area (Å²) in [5.74, 6) is 1.18. The van der Waals surface area contributed by atoms with Gasteiger partial charge >= 0.3 is 0 Å². The number of nitrogens with one attached hydrogen (secondary N) is 1. The van der Waals surface area contributed by atoms with Crippen molar-refractivity contribution in [3.63, 3.8) is 0 Å². The van der Waals surface area contributed by atoms with Crippen LogP contribution in [-0.2, 0) is 0 Å². The number of hydrogen-bond donors (Lipinski definition) is 1. The Morgan fingerprint density at radius 2 is 2.06 bits per heavy atom. The molecule has 4 nitrogen and oxygen atoms in total. The summed E-state index contributed by atoms with van der Waals surface area (Å²) in [7, 11) is 0. The minimum atomic E-state index is 0. The van der Waals surface area contributed by atoms with Crippen LogP contribution >= 0.6 is 24.0 Å². The van der Waals surface area contributed by atoms with Crippen LogP contribution < -0.4 is 10.1 Å². The number of piperidine rings is 1. The fourth-order valence-electron chi connectivity index (χ4n) is 1.63. The SMILES string of the molecule is Cl.Clc1ccc(OCC2CCNCC2)nn1. The normalized spacial score (nSPS) is 16.6. The van der Waals surface area contributed by atoms with E-state index in [2.05, 4.69) is 15.5 Å². The second-order valence-corrected chi connectivity index (χ2v) is 4.09. The van der Waals surface area contributed by atoms with Crippen LogP contribution in [0.5, 0.6) is 5.88 Å². The molecule has 1 aromatic rings. The molecule has 0 amide bonds. The number of halogens is 2. The number of aromatic nitrogens is 2. The molecule has 1 aliphatic rings. The summed E-state index contributed by atoms with van der Waals surface area (Å²) >= 11 is 5.62. The molecule has 0 aliphatic carbocycles. The Morgan fingerprint density at radius 1 is 1.31 bits per heavy atom. The average molecular weight is 264 g/mol. The zero-order valence-electron chi connectivity index (χ0n) is 8.86. The van der Waals surface area contributed by atoms with Gasteiger partial charge in [-0.3, -0.25) is 0 Å². The lowest BCUT2D eigenvalue weighted by molar-refractivity contribution is 0.207. The molecule has 0 unspecified atom stereocenters. The molecule has 90 valence electrons. The van der Waals surface area contributed by atoms with Gasteiger partial charge in [0.2, 0.25) is 5.88 Å². The van der Waals surface area contributed by atoms with Gasteiger partial charge in [0.1, 0.15) is 0 Å². The van der Waals surface area contributed by atoms with Crippen LogP contribution in [0.2, 0.25) is 5.15 Å². The maximum atomic E-state index is 5.62. The number of nitrogens with zero attached hydrogens (tertiary/aromatic N) is 2. The van der Waals surface area contributed by atoms with Crippen LogP contribution in [0.25, 0.3) is 0 Å². The van der Waals surface area contributed by atoms with Crippen molar-refractivity contribution in [3.8, 4) is 5.88 Å². The van der Waals surface area contributed by atoms with E-state index in [1.54, 1.807) is 12.1 Å². The second kappa shape index (κ2) is 6.89. The van der Waals surface area contributed by atoms with Crippen molar-refractivity contribution in [2.24, 2.45) is 5.92 Å². The van der Waals surface area contributed by atoms with E-state index < -0.39 is 0 Å². The number of hydrogen-bond acceptors (Lipinski definition) is 4. The predicted molar refractivity (Wildman–Crippen MR) is 65.4 cm³/mol. The standard InChI is InChI=1S/C10H14ClN3O.ClH/c11-9-1-2-10(14-13-9)15-7-8-3-5-12-6-4-8;/h1-2,8,12H,3-7H2;1H. The summed E-state index contributed by atoms with van der Waals surface area (Å²) in [5.41, 5.74) is 0. The first-order chi connectivity index (χ1) is 7.34. The molecular formula is C10H15Cl2N3O. The zero-order valence-corrected chi connectivity index (χ0v) is 10.4. The van der Waals surface area contributed by atoms with Crippen LogP contribution in [0.15, 0.2) is 12.1 Å². The number of rotatable bonds is 3. The van der Waals surface area contributed by atoms with Gasteiger partial charge in [-0.1, -0.05) is 11.6 Å². The third-order valence-electron chi connectivity index (χ3n) is 2.53. The highest BCUT2D eigenvalue weighted by Crippen LogP contribution is 2.14. The molecule has 0 bridgehead atoms. The molecule has 0 radical (unpaired) electrons. The maximum absolute atomic E-state index is 5.62. The van der Waals surface area contributed by atoms with Crippen LogP contribution in [0.4, 0.5) is 0 Å². The van der Waals surface area contributed by atoms with Crippen molar-refractivity contribution in [3.05, 3.63) is 17.3 Å². The Balaban J connectivity index is 0.00000128. The van der Waals surface area contributed by atoms with E-state index in [4.69, 9.17) is 16.3 Å². The molecule has 0 atom stereocenters. The van der Waals surface area contributed by atoms with Crippen LogP contribution in [0.3, 0.4) is 0 Å². The monoisotopic (exact) mass is 263 g/mol. The van der Waals surface area contributed by atoms with Crippen LogP contribution in [-0.4, -0.2) is 29.9 Å². The lowest BCUT2D eigenvalue weighted by atomic mass is 9.99. The molecule has 6 heteroatoms. The summed E-state index contributed by atoms with van der Waals surface area (Å²) < 4.78 is 5.54. The van der Waals surface area contributed by atoms with Gasteiger partial charge < -0.3 is 10.1 Å². The highest BCUT2D eigenvalue weighted by atomic mass is 35.5. The van der Waals surface area contributed by atoms with Crippen molar-refractivity contribution >= 4 is 24.0 Å². The Bertz CT molecular complexity index is 301.